The maximum absolute atomic E-state index is 11.7. The second kappa shape index (κ2) is 6.27. The molecule has 1 saturated heterocycles. The van der Waals surface area contributed by atoms with Crippen LogP contribution in [0.15, 0.2) is 18.2 Å². The summed E-state index contributed by atoms with van der Waals surface area (Å²) in [6.45, 7) is 2.33. The molecule has 1 aliphatic rings. The van der Waals surface area contributed by atoms with Crippen LogP contribution in [0.3, 0.4) is 0 Å². The summed E-state index contributed by atoms with van der Waals surface area (Å²) in [7, 11) is 0. The van der Waals surface area contributed by atoms with E-state index in [0.29, 0.717) is 41.9 Å². The number of rotatable bonds is 2. The molecule has 1 aliphatic heterocycles. The lowest BCUT2D eigenvalue weighted by atomic mass is 10.2. The molecule has 1 fully saturated rings. The number of carbonyl (C=O) groups is 1. The Hall–Kier alpha value is -0.970. The van der Waals surface area contributed by atoms with E-state index in [1.54, 1.807) is 23.1 Å². The standard InChI is InChI=1S/C12H13Cl2NO3/c13-10-1-2-11(14)9(7-10)8-18-12(16)15-3-5-17-6-4-15/h1-2,7H,3-6,8H2. The number of halogens is 2. The van der Waals surface area contributed by atoms with Crippen LogP contribution >= 0.6 is 23.2 Å². The van der Waals surface area contributed by atoms with Crippen LogP contribution in [0.2, 0.25) is 10.0 Å². The predicted molar refractivity (Wildman–Crippen MR) is 69.0 cm³/mol. The quantitative estimate of drug-likeness (QED) is 0.840. The lowest BCUT2D eigenvalue weighted by Gasteiger charge is -2.26. The van der Waals surface area contributed by atoms with E-state index >= 15 is 0 Å². The lowest BCUT2D eigenvalue weighted by molar-refractivity contribution is 0.0250. The largest absolute Gasteiger partial charge is 0.444 e. The predicted octanol–water partition coefficient (Wildman–Crippen LogP) is 2.96. The molecule has 0 spiro atoms. The molecule has 18 heavy (non-hydrogen) atoms. The van der Waals surface area contributed by atoms with Crippen molar-refractivity contribution in [3.8, 4) is 0 Å². The van der Waals surface area contributed by atoms with Crippen LogP contribution in [0.25, 0.3) is 0 Å². The van der Waals surface area contributed by atoms with Crippen molar-refractivity contribution < 1.29 is 14.3 Å². The van der Waals surface area contributed by atoms with Crippen molar-refractivity contribution in [2.24, 2.45) is 0 Å². The van der Waals surface area contributed by atoms with E-state index in [9.17, 15) is 4.79 Å². The molecule has 4 nitrogen and oxygen atoms in total. The molecular formula is C12H13Cl2NO3. The van der Waals surface area contributed by atoms with Crippen LogP contribution in [-0.4, -0.2) is 37.3 Å². The first-order valence-electron chi connectivity index (χ1n) is 5.60. The molecule has 6 heteroatoms. The molecule has 0 radical (unpaired) electrons. The lowest BCUT2D eigenvalue weighted by Crippen LogP contribution is -2.40. The average molecular weight is 290 g/mol. The Balaban J connectivity index is 1.90. The van der Waals surface area contributed by atoms with Gasteiger partial charge in [0.1, 0.15) is 6.61 Å². The summed E-state index contributed by atoms with van der Waals surface area (Å²) in [6, 6.07) is 5.06. The van der Waals surface area contributed by atoms with E-state index in [4.69, 9.17) is 32.7 Å². The van der Waals surface area contributed by atoms with E-state index in [1.165, 1.54) is 0 Å². The van der Waals surface area contributed by atoms with Crippen LogP contribution in [-0.2, 0) is 16.1 Å². The minimum atomic E-state index is -0.352. The van der Waals surface area contributed by atoms with Crippen molar-refractivity contribution in [3.63, 3.8) is 0 Å². The van der Waals surface area contributed by atoms with Crippen molar-refractivity contribution in [2.45, 2.75) is 6.61 Å². The molecule has 0 aliphatic carbocycles. The van der Waals surface area contributed by atoms with Crippen LogP contribution in [0.5, 0.6) is 0 Å². The molecule has 1 heterocycles. The minimum absolute atomic E-state index is 0.121. The van der Waals surface area contributed by atoms with Gasteiger partial charge in [0.15, 0.2) is 0 Å². The van der Waals surface area contributed by atoms with Crippen molar-refractivity contribution in [1.82, 2.24) is 4.90 Å². The third kappa shape index (κ3) is 3.51. The highest BCUT2D eigenvalue weighted by Gasteiger charge is 2.18. The van der Waals surface area contributed by atoms with E-state index in [1.807, 2.05) is 0 Å². The second-order valence-electron chi connectivity index (χ2n) is 3.89. The van der Waals surface area contributed by atoms with Gasteiger partial charge < -0.3 is 14.4 Å². The zero-order chi connectivity index (χ0) is 13.0. The van der Waals surface area contributed by atoms with Gasteiger partial charge in [0.05, 0.1) is 13.2 Å². The van der Waals surface area contributed by atoms with E-state index in [2.05, 4.69) is 0 Å². The summed E-state index contributed by atoms with van der Waals surface area (Å²) >= 11 is 11.8. The van der Waals surface area contributed by atoms with Crippen molar-refractivity contribution >= 4 is 29.3 Å². The fourth-order valence-corrected chi connectivity index (χ4v) is 2.00. The monoisotopic (exact) mass is 289 g/mol. The molecule has 0 N–H and O–H groups in total. The van der Waals surface area contributed by atoms with Gasteiger partial charge in [-0.1, -0.05) is 23.2 Å². The molecule has 1 aromatic rings. The number of amides is 1. The highest BCUT2D eigenvalue weighted by molar-refractivity contribution is 6.33. The van der Waals surface area contributed by atoms with Crippen molar-refractivity contribution in [3.05, 3.63) is 33.8 Å². The molecule has 1 amide bonds. The second-order valence-corrected chi connectivity index (χ2v) is 4.73. The van der Waals surface area contributed by atoms with Gasteiger partial charge >= 0.3 is 6.09 Å². The zero-order valence-corrected chi connectivity index (χ0v) is 11.2. The highest BCUT2D eigenvalue weighted by Crippen LogP contribution is 2.21. The number of hydrogen-bond acceptors (Lipinski definition) is 3. The third-order valence-electron chi connectivity index (χ3n) is 2.63. The summed E-state index contributed by atoms with van der Waals surface area (Å²) in [6.07, 6.45) is -0.352. The van der Waals surface area contributed by atoms with Crippen LogP contribution < -0.4 is 0 Å². The molecular weight excluding hydrogens is 277 g/mol. The molecule has 98 valence electrons. The van der Waals surface area contributed by atoms with Crippen LogP contribution in [0, 0.1) is 0 Å². The zero-order valence-electron chi connectivity index (χ0n) is 9.70. The number of ether oxygens (including phenoxy) is 2. The van der Waals surface area contributed by atoms with Gasteiger partial charge in [-0.15, -0.1) is 0 Å². The summed E-state index contributed by atoms with van der Waals surface area (Å²) in [4.78, 5) is 13.4. The fourth-order valence-electron chi connectivity index (χ4n) is 1.63. The number of hydrogen-bond donors (Lipinski definition) is 0. The van der Waals surface area contributed by atoms with Crippen LogP contribution in [0.4, 0.5) is 4.79 Å². The van der Waals surface area contributed by atoms with Crippen molar-refractivity contribution in [2.75, 3.05) is 26.3 Å². The van der Waals surface area contributed by atoms with E-state index in [-0.39, 0.29) is 12.7 Å². The summed E-state index contributed by atoms with van der Waals surface area (Å²) in [5.74, 6) is 0. The normalized spacial score (nSPS) is 15.6. The Morgan fingerprint density at radius 2 is 2.06 bits per heavy atom. The van der Waals surface area contributed by atoms with E-state index < -0.39 is 0 Å². The first kappa shape index (κ1) is 13.5. The van der Waals surface area contributed by atoms with Crippen LogP contribution in [0.1, 0.15) is 5.56 Å². The molecule has 0 unspecified atom stereocenters. The first-order chi connectivity index (χ1) is 8.66. The Labute approximate surface area is 115 Å². The van der Waals surface area contributed by atoms with Gasteiger partial charge in [0, 0.05) is 28.7 Å². The molecule has 0 bridgehead atoms. The maximum Gasteiger partial charge on any atom is 0.410 e. The SMILES string of the molecule is O=C(OCc1cc(Cl)ccc1Cl)N1CCOCC1. The highest BCUT2D eigenvalue weighted by atomic mass is 35.5. The Kier molecular flexibility index (Phi) is 4.69. The Morgan fingerprint density at radius 3 is 2.78 bits per heavy atom. The maximum atomic E-state index is 11.7. The molecule has 0 saturated carbocycles. The van der Waals surface area contributed by atoms with Gasteiger partial charge in [-0.25, -0.2) is 4.79 Å². The summed E-state index contributed by atoms with van der Waals surface area (Å²) in [5.41, 5.74) is 0.700. The average Bonchev–Trinajstić information content (AvgIpc) is 2.40. The number of carbonyl (C=O) groups excluding carboxylic acids is 1. The summed E-state index contributed by atoms with van der Waals surface area (Å²) in [5, 5.41) is 1.10. The van der Waals surface area contributed by atoms with Gasteiger partial charge in [-0.2, -0.15) is 0 Å². The molecule has 2 rings (SSSR count). The van der Waals surface area contributed by atoms with Crippen molar-refractivity contribution in [1.29, 1.82) is 0 Å². The van der Waals surface area contributed by atoms with Gasteiger partial charge in [-0.05, 0) is 18.2 Å². The van der Waals surface area contributed by atoms with Gasteiger partial charge in [0.2, 0.25) is 0 Å². The number of nitrogens with zero attached hydrogens (tertiary/aromatic N) is 1. The Bertz CT molecular complexity index is 433. The topological polar surface area (TPSA) is 38.8 Å². The third-order valence-corrected chi connectivity index (χ3v) is 3.23. The fraction of sp³-hybridized carbons (Fsp3) is 0.417. The Morgan fingerprint density at radius 1 is 1.33 bits per heavy atom. The van der Waals surface area contributed by atoms with Gasteiger partial charge in [0.25, 0.3) is 0 Å². The number of benzene rings is 1. The van der Waals surface area contributed by atoms with E-state index in [0.717, 1.165) is 0 Å². The molecule has 0 atom stereocenters. The number of morpholine rings is 1. The molecule has 0 aromatic heterocycles. The summed E-state index contributed by atoms with van der Waals surface area (Å²) < 4.78 is 10.4. The first-order valence-corrected chi connectivity index (χ1v) is 6.36. The minimum Gasteiger partial charge on any atom is -0.444 e. The molecule has 1 aromatic carbocycles. The van der Waals surface area contributed by atoms with Gasteiger partial charge in [-0.3, -0.25) is 0 Å². The smallest absolute Gasteiger partial charge is 0.410 e.